The molecule has 10 rings (SSSR count). The number of benzene rings is 8. The number of aromatic nitrogens is 1. The molecule has 0 amide bonds. The van der Waals surface area contributed by atoms with Crippen molar-refractivity contribution < 1.29 is 0 Å². The van der Waals surface area contributed by atoms with Gasteiger partial charge >= 0.3 is 0 Å². The van der Waals surface area contributed by atoms with E-state index in [0.717, 1.165) is 17.1 Å². The quantitative estimate of drug-likeness (QED) is 0.161. The number of hydrogen-bond acceptors (Lipinski definition) is 2. The smallest absolute Gasteiger partial charge is 0.0728 e. The van der Waals surface area contributed by atoms with Crippen LogP contribution in [0.3, 0.4) is 0 Å². The number of anilines is 3. The number of fused-ring (bicyclic) bond motifs is 5. The molecular weight excluding hydrogens is 661 g/mol. The standard InChI is InChI=1S/C50H34N2S/c1-4-14-35(15-5-1)37-26-28-38(29-27-37)39-30-32-42(33-31-39)51(43-21-12-18-40(34-43)36-16-6-2-7-17-36)47-25-13-23-45-48-50(53-49(45)47)44-22-10-11-24-46(44)52(48)41-19-8-3-9-20-41/h1-34H. The maximum Gasteiger partial charge on any atom is 0.0728 e. The Kier molecular flexibility index (Phi) is 7.71. The number of rotatable bonds is 7. The van der Waals surface area contributed by atoms with Crippen LogP contribution in [0.2, 0.25) is 0 Å². The summed E-state index contributed by atoms with van der Waals surface area (Å²) in [5.74, 6) is 0. The Labute approximate surface area is 313 Å². The summed E-state index contributed by atoms with van der Waals surface area (Å²) in [6, 6.07) is 74.4. The Morgan fingerprint density at radius 3 is 1.55 bits per heavy atom. The lowest BCUT2D eigenvalue weighted by Gasteiger charge is -2.27. The summed E-state index contributed by atoms with van der Waals surface area (Å²) < 4.78 is 5.00. The van der Waals surface area contributed by atoms with E-state index in [4.69, 9.17) is 0 Å². The van der Waals surface area contributed by atoms with E-state index in [9.17, 15) is 0 Å². The van der Waals surface area contributed by atoms with Crippen LogP contribution in [-0.2, 0) is 0 Å². The summed E-state index contributed by atoms with van der Waals surface area (Å²) in [6.07, 6.45) is 0. The fourth-order valence-electron chi connectivity index (χ4n) is 7.67. The Balaban J connectivity index is 1.14. The van der Waals surface area contributed by atoms with Crippen molar-refractivity contribution in [2.24, 2.45) is 0 Å². The van der Waals surface area contributed by atoms with Crippen molar-refractivity contribution in [2.75, 3.05) is 4.90 Å². The summed E-state index contributed by atoms with van der Waals surface area (Å²) in [5.41, 5.74) is 14.3. The van der Waals surface area contributed by atoms with Crippen LogP contribution in [0.15, 0.2) is 206 Å². The molecule has 2 heterocycles. The second kappa shape index (κ2) is 13.1. The molecule has 0 N–H and O–H groups in total. The summed E-state index contributed by atoms with van der Waals surface area (Å²) >= 11 is 1.89. The minimum atomic E-state index is 1.11. The van der Waals surface area contributed by atoms with Crippen LogP contribution in [-0.4, -0.2) is 4.57 Å². The van der Waals surface area contributed by atoms with E-state index in [0.29, 0.717) is 0 Å². The van der Waals surface area contributed by atoms with Gasteiger partial charge in [-0.2, -0.15) is 0 Å². The van der Waals surface area contributed by atoms with Crippen LogP contribution >= 0.6 is 11.3 Å². The van der Waals surface area contributed by atoms with Gasteiger partial charge < -0.3 is 9.47 Å². The molecule has 3 heteroatoms. The number of hydrogen-bond donors (Lipinski definition) is 0. The minimum absolute atomic E-state index is 1.11. The van der Waals surface area contributed by atoms with Crippen molar-refractivity contribution in [1.29, 1.82) is 0 Å². The third-order valence-corrected chi connectivity index (χ3v) is 11.4. The molecule has 0 unspecified atom stereocenters. The van der Waals surface area contributed by atoms with Crippen LogP contribution in [0.5, 0.6) is 0 Å². The van der Waals surface area contributed by atoms with Gasteiger partial charge in [-0.3, -0.25) is 0 Å². The highest BCUT2D eigenvalue weighted by Gasteiger charge is 2.22. The third-order valence-electron chi connectivity index (χ3n) is 10.2. The maximum atomic E-state index is 2.44. The maximum absolute atomic E-state index is 2.44. The highest BCUT2D eigenvalue weighted by Crippen LogP contribution is 2.48. The molecule has 0 saturated carbocycles. The van der Waals surface area contributed by atoms with Gasteiger partial charge in [0.1, 0.15) is 0 Å². The van der Waals surface area contributed by atoms with Crippen LogP contribution in [0, 0.1) is 0 Å². The summed E-state index contributed by atoms with van der Waals surface area (Å²) in [4.78, 5) is 2.43. The molecule has 0 fully saturated rings. The molecule has 2 nitrogen and oxygen atoms in total. The van der Waals surface area contributed by atoms with Crippen molar-refractivity contribution in [3.05, 3.63) is 206 Å². The third kappa shape index (κ3) is 5.50. The first-order valence-corrected chi connectivity index (χ1v) is 18.8. The first-order chi connectivity index (χ1) is 26.3. The normalized spacial score (nSPS) is 11.4. The first-order valence-electron chi connectivity index (χ1n) is 18.0. The molecule has 10 aromatic rings. The van der Waals surface area contributed by atoms with E-state index in [1.807, 2.05) is 11.3 Å². The second-order valence-corrected chi connectivity index (χ2v) is 14.4. The van der Waals surface area contributed by atoms with Gasteiger partial charge in [-0.05, 0) is 81.9 Å². The highest BCUT2D eigenvalue weighted by molar-refractivity contribution is 7.27. The Bertz CT molecular complexity index is 2850. The van der Waals surface area contributed by atoms with E-state index in [1.54, 1.807) is 0 Å². The summed E-state index contributed by atoms with van der Waals surface area (Å²) in [7, 11) is 0. The Morgan fingerprint density at radius 1 is 0.358 bits per heavy atom. The average molecular weight is 695 g/mol. The molecule has 53 heavy (non-hydrogen) atoms. The van der Waals surface area contributed by atoms with E-state index >= 15 is 0 Å². The minimum Gasteiger partial charge on any atom is -0.309 e. The zero-order valence-electron chi connectivity index (χ0n) is 28.9. The Hall–Kier alpha value is -6.68. The van der Waals surface area contributed by atoms with Crippen LogP contribution in [0.4, 0.5) is 17.1 Å². The predicted molar refractivity (Wildman–Crippen MR) is 227 cm³/mol. The van der Waals surface area contributed by atoms with Gasteiger partial charge in [-0.1, -0.05) is 158 Å². The van der Waals surface area contributed by atoms with Crippen LogP contribution < -0.4 is 4.90 Å². The topological polar surface area (TPSA) is 8.17 Å². The molecule has 250 valence electrons. The molecule has 0 saturated heterocycles. The van der Waals surface area contributed by atoms with Gasteiger partial charge in [0.15, 0.2) is 0 Å². The van der Waals surface area contributed by atoms with Crippen LogP contribution in [0.1, 0.15) is 0 Å². The largest absolute Gasteiger partial charge is 0.309 e. The molecule has 0 radical (unpaired) electrons. The summed E-state index contributed by atoms with van der Waals surface area (Å²) in [6.45, 7) is 0. The zero-order chi connectivity index (χ0) is 35.1. The number of para-hydroxylation sites is 2. The highest BCUT2D eigenvalue weighted by atomic mass is 32.1. The lowest BCUT2D eigenvalue weighted by Crippen LogP contribution is -2.10. The van der Waals surface area contributed by atoms with E-state index in [-0.39, 0.29) is 0 Å². The second-order valence-electron chi connectivity index (χ2n) is 13.4. The fraction of sp³-hybridized carbons (Fsp3) is 0. The summed E-state index contributed by atoms with van der Waals surface area (Å²) in [5, 5.41) is 2.53. The molecule has 0 atom stereocenters. The SMILES string of the molecule is c1ccc(-c2ccc(-c3ccc(N(c4cccc(-c5ccccc5)c4)c4cccc5c4sc4c6ccccc6n(-c6ccccc6)c54)cc3)cc2)cc1. The van der Waals surface area contributed by atoms with Gasteiger partial charge in [0, 0.05) is 27.8 Å². The molecule has 0 aliphatic rings. The first kappa shape index (κ1) is 31.1. The molecule has 0 aliphatic carbocycles. The van der Waals surface area contributed by atoms with Crippen molar-refractivity contribution in [3.8, 4) is 39.1 Å². The van der Waals surface area contributed by atoms with Gasteiger partial charge in [0.2, 0.25) is 0 Å². The number of thiophene rings is 1. The number of nitrogens with zero attached hydrogens (tertiary/aromatic N) is 2. The Morgan fingerprint density at radius 2 is 0.868 bits per heavy atom. The predicted octanol–water partition coefficient (Wildman–Crippen LogP) is 14.5. The van der Waals surface area contributed by atoms with Crippen LogP contribution in [0.25, 0.3) is 70.3 Å². The lowest BCUT2D eigenvalue weighted by molar-refractivity contribution is 1.19. The van der Waals surface area contributed by atoms with Gasteiger partial charge in [0.05, 0.1) is 26.1 Å². The average Bonchev–Trinajstić information content (AvgIpc) is 3.78. The molecule has 0 spiro atoms. The molecule has 0 bridgehead atoms. The zero-order valence-corrected chi connectivity index (χ0v) is 29.7. The van der Waals surface area contributed by atoms with E-state index < -0.39 is 0 Å². The van der Waals surface area contributed by atoms with Gasteiger partial charge in [0.25, 0.3) is 0 Å². The molecule has 0 aliphatic heterocycles. The monoisotopic (exact) mass is 694 g/mol. The van der Waals surface area contributed by atoms with Crippen molar-refractivity contribution in [1.82, 2.24) is 4.57 Å². The van der Waals surface area contributed by atoms with Crippen molar-refractivity contribution in [3.63, 3.8) is 0 Å². The molecule has 2 aromatic heterocycles. The van der Waals surface area contributed by atoms with Crippen molar-refractivity contribution >= 4 is 59.6 Å². The molecule has 8 aromatic carbocycles. The lowest BCUT2D eigenvalue weighted by atomic mass is 10.00. The van der Waals surface area contributed by atoms with Gasteiger partial charge in [-0.25, -0.2) is 0 Å². The fourth-order valence-corrected chi connectivity index (χ4v) is 8.99. The van der Waals surface area contributed by atoms with Gasteiger partial charge in [-0.15, -0.1) is 11.3 Å². The van der Waals surface area contributed by atoms with Crippen molar-refractivity contribution in [2.45, 2.75) is 0 Å². The van der Waals surface area contributed by atoms with E-state index in [2.05, 4.69) is 216 Å². The molecular formula is C50H34N2S. The van der Waals surface area contributed by atoms with E-state index in [1.165, 1.54) is 70.3 Å².